The molecule has 0 saturated heterocycles. The first kappa shape index (κ1) is 11.5. The van der Waals surface area contributed by atoms with Crippen LogP contribution in [0, 0.1) is 0 Å². The molecule has 0 atom stereocenters. The Morgan fingerprint density at radius 3 is 2.53 bits per heavy atom. The number of ketones is 1. The van der Waals surface area contributed by atoms with E-state index in [-0.39, 0.29) is 5.82 Å². The molecule has 1 heterocycles. The summed E-state index contributed by atoms with van der Waals surface area (Å²) < 4.78 is 48.4. The molecular weight excluding hydrogens is 220 g/mol. The fraction of sp³-hybridized carbons (Fsp3) is 0.667. The lowest BCUT2D eigenvalue weighted by atomic mass is 10.1. The van der Waals surface area contributed by atoms with E-state index in [1.54, 1.807) is 0 Å². The van der Waals surface area contributed by atoms with Gasteiger partial charge in [-0.1, -0.05) is 0 Å². The number of halogens is 4. The second-order valence-electron chi connectivity index (χ2n) is 2.72. The van der Waals surface area contributed by atoms with Gasteiger partial charge in [-0.2, -0.15) is 13.6 Å². The molecule has 1 aromatic rings. The fourth-order valence-electron chi connectivity index (χ4n) is 0.777. The summed E-state index contributed by atoms with van der Waals surface area (Å²) in [4.78, 5) is 11.7. The van der Waals surface area contributed by atoms with Gasteiger partial charge in [0.05, 0.1) is 13.5 Å². The maximum Gasteiger partial charge on any atom is 0.364 e. The lowest BCUT2D eigenvalue weighted by Crippen LogP contribution is -2.37. The van der Waals surface area contributed by atoms with Gasteiger partial charge in [0, 0.05) is 0 Å². The van der Waals surface area contributed by atoms with Gasteiger partial charge in [-0.25, -0.2) is 8.78 Å². The number of Topliss-reactive ketones (excluding diaryl/α,β-unsaturated/α-hetero) is 1. The Balaban J connectivity index is 2.71. The number of hydrogen-bond donors (Lipinski definition) is 0. The predicted molar refractivity (Wildman–Crippen MR) is 38.5 cm³/mol. The third kappa shape index (κ3) is 2.48. The Kier molecular flexibility index (Phi) is 3.01. The summed E-state index contributed by atoms with van der Waals surface area (Å²) in [6, 6.07) is 0. The van der Waals surface area contributed by atoms with Crippen molar-refractivity contribution in [2.45, 2.75) is 18.8 Å². The number of alkyl halides is 4. The van der Waals surface area contributed by atoms with Crippen LogP contribution in [0.1, 0.15) is 5.82 Å². The Morgan fingerprint density at radius 1 is 1.53 bits per heavy atom. The van der Waals surface area contributed by atoms with Crippen molar-refractivity contribution in [2.75, 3.05) is 0 Å². The van der Waals surface area contributed by atoms with E-state index in [0.717, 1.165) is 4.80 Å². The number of aromatic nitrogens is 4. The molecule has 0 bridgehead atoms. The van der Waals surface area contributed by atoms with Crippen molar-refractivity contribution in [3.8, 4) is 0 Å². The minimum Gasteiger partial charge on any atom is -0.292 e. The summed E-state index contributed by atoms with van der Waals surface area (Å²) >= 11 is 0. The zero-order valence-corrected chi connectivity index (χ0v) is 7.49. The average Bonchev–Trinajstić information content (AvgIpc) is 2.50. The SMILES string of the molecule is Cn1nnc(CC(=O)C(F)(F)C(F)F)n1. The van der Waals surface area contributed by atoms with Crippen LogP contribution in [0.5, 0.6) is 0 Å². The zero-order chi connectivity index (χ0) is 11.6. The van der Waals surface area contributed by atoms with Crippen LogP contribution in [0.4, 0.5) is 17.6 Å². The highest BCUT2D eigenvalue weighted by atomic mass is 19.3. The summed E-state index contributed by atoms with van der Waals surface area (Å²) in [6.07, 6.45) is -4.99. The number of aryl methyl sites for hydroxylation is 1. The van der Waals surface area contributed by atoms with Crippen molar-refractivity contribution in [3.05, 3.63) is 5.82 Å². The third-order valence-electron chi connectivity index (χ3n) is 1.51. The lowest BCUT2D eigenvalue weighted by molar-refractivity contribution is -0.166. The average molecular weight is 226 g/mol. The smallest absolute Gasteiger partial charge is 0.292 e. The summed E-state index contributed by atoms with van der Waals surface area (Å²) in [5.74, 6) is -6.91. The van der Waals surface area contributed by atoms with E-state index in [4.69, 9.17) is 0 Å². The second-order valence-corrected chi connectivity index (χ2v) is 2.72. The molecule has 5 nitrogen and oxygen atoms in total. The van der Waals surface area contributed by atoms with Crippen molar-refractivity contribution in [2.24, 2.45) is 7.05 Å². The molecule has 0 radical (unpaired) electrons. The first-order valence-corrected chi connectivity index (χ1v) is 3.76. The third-order valence-corrected chi connectivity index (χ3v) is 1.51. The molecule has 0 aromatic carbocycles. The molecule has 9 heteroatoms. The predicted octanol–water partition coefficient (Wildman–Crippen LogP) is 0.222. The van der Waals surface area contributed by atoms with E-state index in [0.29, 0.717) is 0 Å². The van der Waals surface area contributed by atoms with Crippen LogP contribution in [0.15, 0.2) is 0 Å². The van der Waals surface area contributed by atoms with Gasteiger partial charge in [-0.15, -0.1) is 10.2 Å². The normalized spacial score (nSPS) is 12.1. The Bertz CT molecular complexity index is 364. The molecule has 0 unspecified atom stereocenters. The molecule has 84 valence electrons. The largest absolute Gasteiger partial charge is 0.364 e. The highest BCUT2D eigenvalue weighted by Crippen LogP contribution is 2.24. The standard InChI is InChI=1S/C6H6F4N4O/c1-14-12-4(11-13-14)2-3(15)6(9,10)5(7)8/h5H,2H2,1H3. The number of hydrogen-bond acceptors (Lipinski definition) is 4. The van der Waals surface area contributed by atoms with Crippen molar-refractivity contribution < 1.29 is 22.4 Å². The van der Waals surface area contributed by atoms with Gasteiger partial charge < -0.3 is 0 Å². The van der Waals surface area contributed by atoms with Crippen LogP contribution in [0.2, 0.25) is 0 Å². The summed E-state index contributed by atoms with van der Waals surface area (Å²) in [5, 5.41) is 9.92. The van der Waals surface area contributed by atoms with Gasteiger partial charge in [0.25, 0.3) is 0 Å². The molecule has 15 heavy (non-hydrogen) atoms. The Hall–Kier alpha value is -1.54. The summed E-state index contributed by atoms with van der Waals surface area (Å²) in [7, 11) is 1.35. The molecule has 0 amide bonds. The molecule has 0 fully saturated rings. The van der Waals surface area contributed by atoms with Crippen LogP contribution >= 0.6 is 0 Å². The molecule has 0 aliphatic rings. The van der Waals surface area contributed by atoms with E-state index < -0.39 is 24.6 Å². The molecular formula is C6H6F4N4O. The highest BCUT2D eigenvalue weighted by molar-refractivity contribution is 5.87. The molecule has 0 aliphatic heterocycles. The van der Waals surface area contributed by atoms with Gasteiger partial charge in [0.2, 0.25) is 5.78 Å². The van der Waals surface area contributed by atoms with E-state index in [1.807, 2.05) is 0 Å². The number of nitrogens with zero attached hydrogens (tertiary/aromatic N) is 4. The molecule has 0 spiro atoms. The van der Waals surface area contributed by atoms with E-state index in [2.05, 4.69) is 15.4 Å². The molecule has 0 saturated carbocycles. The maximum absolute atomic E-state index is 12.5. The van der Waals surface area contributed by atoms with Crippen LogP contribution in [-0.4, -0.2) is 38.3 Å². The minimum atomic E-state index is -4.67. The monoisotopic (exact) mass is 226 g/mol. The minimum absolute atomic E-state index is 0.317. The molecule has 0 aliphatic carbocycles. The Morgan fingerprint density at radius 2 is 2.13 bits per heavy atom. The van der Waals surface area contributed by atoms with E-state index in [1.165, 1.54) is 7.05 Å². The Labute approximate surface area is 81.1 Å². The fourth-order valence-corrected chi connectivity index (χ4v) is 0.777. The van der Waals surface area contributed by atoms with E-state index >= 15 is 0 Å². The van der Waals surface area contributed by atoms with Crippen molar-refractivity contribution in [3.63, 3.8) is 0 Å². The number of tetrazole rings is 1. The maximum atomic E-state index is 12.5. The lowest BCUT2D eigenvalue weighted by Gasteiger charge is -2.11. The molecule has 1 aromatic heterocycles. The van der Waals surface area contributed by atoms with Crippen molar-refractivity contribution >= 4 is 5.78 Å². The highest BCUT2D eigenvalue weighted by Gasteiger charge is 2.48. The van der Waals surface area contributed by atoms with Gasteiger partial charge in [0.15, 0.2) is 5.82 Å². The van der Waals surface area contributed by atoms with Crippen LogP contribution in [0.25, 0.3) is 0 Å². The quantitative estimate of drug-likeness (QED) is 0.689. The first-order chi connectivity index (χ1) is 6.84. The number of rotatable bonds is 4. The zero-order valence-electron chi connectivity index (χ0n) is 7.49. The summed E-state index contributed by atoms with van der Waals surface area (Å²) in [6.45, 7) is 0. The molecule has 1 rings (SSSR count). The van der Waals surface area contributed by atoms with Gasteiger partial charge in [-0.05, 0) is 5.21 Å². The molecule has 0 N–H and O–H groups in total. The number of carbonyl (C=O) groups excluding carboxylic acids is 1. The van der Waals surface area contributed by atoms with Crippen LogP contribution in [-0.2, 0) is 18.3 Å². The van der Waals surface area contributed by atoms with Gasteiger partial charge >= 0.3 is 12.3 Å². The second kappa shape index (κ2) is 3.91. The van der Waals surface area contributed by atoms with Crippen LogP contribution in [0.3, 0.4) is 0 Å². The van der Waals surface area contributed by atoms with Crippen molar-refractivity contribution in [1.82, 2.24) is 20.2 Å². The van der Waals surface area contributed by atoms with Crippen LogP contribution < -0.4 is 0 Å². The summed E-state index contributed by atoms with van der Waals surface area (Å²) in [5.41, 5.74) is 0. The van der Waals surface area contributed by atoms with Gasteiger partial charge in [0.1, 0.15) is 0 Å². The topological polar surface area (TPSA) is 60.7 Å². The van der Waals surface area contributed by atoms with Crippen molar-refractivity contribution in [1.29, 1.82) is 0 Å². The number of carbonyl (C=O) groups is 1. The van der Waals surface area contributed by atoms with Gasteiger partial charge in [-0.3, -0.25) is 4.79 Å². The first-order valence-electron chi connectivity index (χ1n) is 3.76. The van der Waals surface area contributed by atoms with E-state index in [9.17, 15) is 22.4 Å².